The van der Waals surface area contributed by atoms with E-state index in [-0.39, 0.29) is 11.6 Å². The van der Waals surface area contributed by atoms with Gasteiger partial charge in [-0.15, -0.1) is 10.2 Å². The largest absolute Gasteiger partial charge is 0.461 e. The Labute approximate surface area is 187 Å². The Morgan fingerprint density at radius 2 is 1.94 bits per heavy atom. The normalized spacial score (nSPS) is 11.8. The number of aryl methyl sites for hydroxylation is 1. The number of thioether (sulfide) groups is 1. The number of non-ortho nitro benzene ring substituents is 1. The van der Waals surface area contributed by atoms with E-state index in [1.54, 1.807) is 38.3 Å². The van der Waals surface area contributed by atoms with E-state index in [0.29, 0.717) is 22.4 Å². The summed E-state index contributed by atoms with van der Waals surface area (Å²) in [5.74, 6) is 0.768. The molecule has 32 heavy (non-hydrogen) atoms. The number of hydrogen-bond acceptors (Lipinski definition) is 7. The van der Waals surface area contributed by atoms with E-state index in [1.807, 2.05) is 34.9 Å². The highest BCUT2D eigenvalue weighted by molar-refractivity contribution is 8.00. The lowest BCUT2D eigenvalue weighted by molar-refractivity contribution is -0.384. The number of hydrogen-bond donors (Lipinski definition) is 1. The van der Waals surface area contributed by atoms with Crippen LogP contribution in [0, 0.1) is 17.0 Å². The minimum atomic E-state index is -0.551. The van der Waals surface area contributed by atoms with E-state index in [1.165, 1.54) is 23.9 Å². The van der Waals surface area contributed by atoms with Crippen LogP contribution in [0.25, 0.3) is 17.3 Å². The predicted molar refractivity (Wildman–Crippen MR) is 121 cm³/mol. The SMILES string of the molecule is Cc1ccc([N+](=O)[O-])cc1NC(=O)[C@H](C)Sc1nnc(-c2ccco2)n1-c1ccccc1. The fourth-order valence-corrected chi connectivity index (χ4v) is 3.89. The number of furan rings is 1. The summed E-state index contributed by atoms with van der Waals surface area (Å²) >= 11 is 1.23. The summed E-state index contributed by atoms with van der Waals surface area (Å²) in [7, 11) is 0. The van der Waals surface area contributed by atoms with Gasteiger partial charge in [0.05, 0.1) is 22.1 Å². The quantitative estimate of drug-likeness (QED) is 0.243. The van der Waals surface area contributed by atoms with Crippen LogP contribution in [0.3, 0.4) is 0 Å². The average molecular weight is 449 g/mol. The molecule has 0 unspecified atom stereocenters. The van der Waals surface area contributed by atoms with Gasteiger partial charge in [0.25, 0.3) is 5.69 Å². The smallest absolute Gasteiger partial charge is 0.271 e. The Morgan fingerprint density at radius 3 is 2.62 bits per heavy atom. The molecule has 0 bridgehead atoms. The molecule has 1 N–H and O–H groups in total. The van der Waals surface area contributed by atoms with E-state index >= 15 is 0 Å². The maximum Gasteiger partial charge on any atom is 0.271 e. The second-order valence-electron chi connectivity index (χ2n) is 6.96. The van der Waals surface area contributed by atoms with Crippen molar-refractivity contribution in [1.82, 2.24) is 14.8 Å². The molecule has 0 radical (unpaired) electrons. The van der Waals surface area contributed by atoms with Gasteiger partial charge in [-0.1, -0.05) is 36.0 Å². The molecule has 0 saturated carbocycles. The first kappa shape index (κ1) is 21.3. The third-order valence-electron chi connectivity index (χ3n) is 4.73. The molecule has 1 amide bonds. The van der Waals surface area contributed by atoms with Crippen molar-refractivity contribution in [3.05, 3.63) is 82.6 Å². The van der Waals surface area contributed by atoms with Crippen LogP contribution in [-0.4, -0.2) is 30.8 Å². The van der Waals surface area contributed by atoms with Gasteiger partial charge in [-0.25, -0.2) is 0 Å². The van der Waals surface area contributed by atoms with Crippen LogP contribution in [0.2, 0.25) is 0 Å². The van der Waals surface area contributed by atoms with E-state index in [2.05, 4.69) is 15.5 Å². The van der Waals surface area contributed by atoms with Crippen molar-refractivity contribution >= 4 is 29.0 Å². The maximum absolute atomic E-state index is 12.9. The topological polar surface area (TPSA) is 116 Å². The Hall–Kier alpha value is -3.92. The van der Waals surface area contributed by atoms with Crippen LogP contribution in [-0.2, 0) is 4.79 Å². The number of para-hydroxylation sites is 1. The molecule has 4 aromatic rings. The lowest BCUT2D eigenvalue weighted by Crippen LogP contribution is -2.23. The van der Waals surface area contributed by atoms with Crippen molar-refractivity contribution in [3.63, 3.8) is 0 Å². The minimum absolute atomic E-state index is 0.0851. The minimum Gasteiger partial charge on any atom is -0.461 e. The van der Waals surface area contributed by atoms with Crippen molar-refractivity contribution in [3.8, 4) is 17.3 Å². The molecule has 2 heterocycles. The van der Waals surface area contributed by atoms with Crippen molar-refractivity contribution in [2.24, 2.45) is 0 Å². The molecular formula is C22H19N5O4S. The molecule has 10 heteroatoms. The second-order valence-corrected chi connectivity index (χ2v) is 8.27. The zero-order chi connectivity index (χ0) is 22.7. The number of amides is 1. The molecule has 2 aromatic heterocycles. The third kappa shape index (κ3) is 4.40. The Bertz CT molecular complexity index is 1250. The summed E-state index contributed by atoms with van der Waals surface area (Å²) in [5, 5.41) is 22.4. The summed E-state index contributed by atoms with van der Waals surface area (Å²) in [5.41, 5.74) is 1.87. The monoisotopic (exact) mass is 449 g/mol. The first-order valence-electron chi connectivity index (χ1n) is 9.71. The van der Waals surface area contributed by atoms with E-state index in [0.717, 1.165) is 11.3 Å². The summed E-state index contributed by atoms with van der Waals surface area (Å²) in [6, 6.07) is 17.5. The summed E-state index contributed by atoms with van der Waals surface area (Å²) < 4.78 is 7.33. The molecule has 0 fully saturated rings. The van der Waals surface area contributed by atoms with Gasteiger partial charge in [0.15, 0.2) is 10.9 Å². The summed E-state index contributed by atoms with van der Waals surface area (Å²) in [6.45, 7) is 3.52. The highest BCUT2D eigenvalue weighted by Crippen LogP contribution is 2.31. The number of rotatable bonds is 7. The van der Waals surface area contributed by atoms with Gasteiger partial charge in [0, 0.05) is 17.8 Å². The third-order valence-corrected chi connectivity index (χ3v) is 5.77. The Balaban J connectivity index is 1.60. The number of carbonyl (C=O) groups is 1. The van der Waals surface area contributed by atoms with Crippen LogP contribution in [0.1, 0.15) is 12.5 Å². The van der Waals surface area contributed by atoms with Crippen LogP contribution in [0.5, 0.6) is 0 Å². The van der Waals surface area contributed by atoms with Gasteiger partial charge in [0.2, 0.25) is 11.7 Å². The molecule has 4 rings (SSSR count). The average Bonchev–Trinajstić information content (AvgIpc) is 3.45. The molecule has 9 nitrogen and oxygen atoms in total. The maximum atomic E-state index is 12.9. The summed E-state index contributed by atoms with van der Waals surface area (Å²) in [6.07, 6.45) is 1.56. The number of nitrogens with zero attached hydrogens (tertiary/aromatic N) is 4. The molecule has 162 valence electrons. The standard InChI is InChI=1S/C22H19N5O4S/c1-14-10-11-17(27(29)30)13-18(14)23-21(28)15(2)32-22-25-24-20(19-9-6-12-31-19)26(22)16-7-4-3-5-8-16/h3-13,15H,1-2H3,(H,23,28)/t15-/m0/s1. The summed E-state index contributed by atoms with van der Waals surface area (Å²) in [4.78, 5) is 23.4. The van der Waals surface area contributed by atoms with Gasteiger partial charge in [0.1, 0.15) is 0 Å². The van der Waals surface area contributed by atoms with Gasteiger partial charge >= 0.3 is 0 Å². The zero-order valence-electron chi connectivity index (χ0n) is 17.3. The van der Waals surface area contributed by atoms with Gasteiger partial charge < -0.3 is 9.73 Å². The van der Waals surface area contributed by atoms with Crippen molar-refractivity contribution < 1.29 is 14.1 Å². The van der Waals surface area contributed by atoms with Gasteiger partial charge in [-0.05, 0) is 43.7 Å². The van der Waals surface area contributed by atoms with Crippen molar-refractivity contribution in [2.45, 2.75) is 24.3 Å². The first-order valence-corrected chi connectivity index (χ1v) is 10.6. The fraction of sp³-hybridized carbons (Fsp3) is 0.136. The number of nitro groups is 1. The van der Waals surface area contributed by atoms with Crippen LogP contribution >= 0.6 is 11.8 Å². The number of anilines is 1. The van der Waals surface area contributed by atoms with Gasteiger partial charge in [-0.2, -0.15) is 0 Å². The molecule has 0 spiro atoms. The second kappa shape index (κ2) is 9.06. The van der Waals surface area contributed by atoms with Crippen molar-refractivity contribution in [2.75, 3.05) is 5.32 Å². The predicted octanol–water partition coefficient (Wildman–Crippen LogP) is 4.86. The molecule has 1 atom stereocenters. The Morgan fingerprint density at radius 1 is 1.16 bits per heavy atom. The van der Waals surface area contributed by atoms with Gasteiger partial charge in [-0.3, -0.25) is 19.5 Å². The van der Waals surface area contributed by atoms with E-state index < -0.39 is 10.2 Å². The highest BCUT2D eigenvalue weighted by atomic mass is 32.2. The van der Waals surface area contributed by atoms with Crippen LogP contribution in [0.15, 0.2) is 76.5 Å². The van der Waals surface area contributed by atoms with E-state index in [4.69, 9.17) is 4.42 Å². The number of nitro benzene ring substituents is 1. The van der Waals surface area contributed by atoms with Crippen LogP contribution in [0.4, 0.5) is 11.4 Å². The molecule has 0 aliphatic rings. The molecule has 0 aliphatic carbocycles. The number of aromatic nitrogens is 3. The fourth-order valence-electron chi connectivity index (χ4n) is 3.03. The number of nitrogens with one attached hydrogen (secondary N) is 1. The zero-order valence-corrected chi connectivity index (χ0v) is 18.1. The number of benzene rings is 2. The molecule has 0 aliphatic heterocycles. The lowest BCUT2D eigenvalue weighted by Gasteiger charge is -2.14. The Kier molecular flexibility index (Phi) is 6.04. The lowest BCUT2D eigenvalue weighted by atomic mass is 10.2. The van der Waals surface area contributed by atoms with Crippen LogP contribution < -0.4 is 5.32 Å². The van der Waals surface area contributed by atoms with E-state index in [9.17, 15) is 14.9 Å². The molecule has 2 aromatic carbocycles. The highest BCUT2D eigenvalue weighted by Gasteiger charge is 2.23. The number of carbonyl (C=O) groups excluding carboxylic acids is 1. The van der Waals surface area contributed by atoms with Crippen molar-refractivity contribution in [1.29, 1.82) is 0 Å². The molecular weight excluding hydrogens is 430 g/mol. The first-order chi connectivity index (χ1) is 15.4. The molecule has 0 saturated heterocycles.